The smallest absolute Gasteiger partial charge is 0.350 e. The minimum Gasteiger partial charge on any atom is -0.387 e. The first kappa shape index (κ1) is 24.9. The second-order valence-electron chi connectivity index (χ2n) is 7.78. The molecule has 15 heteroatoms. The molecule has 1 aliphatic rings. The zero-order valence-electron chi connectivity index (χ0n) is 17.7. The SMILES string of the molecule is C[C@@H](Nc1nc(Cl)nc2c1ccn2[C@@H]1O[C@H](COCP(=O)(O)O)[C@@H](O)[C@H]1O)c1ccc(F)cn1. The van der Waals surface area contributed by atoms with Crippen LogP contribution in [0.1, 0.15) is 24.9 Å². The second-order valence-corrected chi connectivity index (χ2v) is 9.71. The van der Waals surface area contributed by atoms with Crippen LogP contribution in [0.2, 0.25) is 5.28 Å². The van der Waals surface area contributed by atoms with Gasteiger partial charge in [-0.3, -0.25) is 9.55 Å². The summed E-state index contributed by atoms with van der Waals surface area (Å²) in [5.74, 6) is -0.0924. The lowest BCUT2D eigenvalue weighted by atomic mass is 10.1. The highest BCUT2D eigenvalue weighted by molar-refractivity contribution is 7.51. The van der Waals surface area contributed by atoms with Gasteiger partial charge in [-0.15, -0.1) is 0 Å². The van der Waals surface area contributed by atoms with Crippen LogP contribution >= 0.6 is 19.2 Å². The first-order chi connectivity index (χ1) is 16.0. The standard InChI is InChI=1S/C19H22ClFN5O7P/c1-9(12-3-2-10(21)6-22-12)23-16-11-4-5-26(17(11)25-19(20)24-16)18-15(28)14(27)13(33-18)7-32-8-34(29,30)31/h2-6,9,13-15,18,27-28H,7-8H2,1H3,(H,23,24,25)(H2,29,30,31)/t9-,13-,14-,15-,18-/m1/s1. The summed E-state index contributed by atoms with van der Waals surface area (Å²) in [7, 11) is -4.39. The fraction of sp³-hybridized carbons (Fsp3) is 0.421. The number of ether oxygens (including phenoxy) is 2. The summed E-state index contributed by atoms with van der Waals surface area (Å²) in [6.07, 6.45) is -3.04. The van der Waals surface area contributed by atoms with E-state index in [9.17, 15) is 19.2 Å². The quantitative estimate of drug-likeness (QED) is 0.217. The Labute approximate surface area is 197 Å². The molecule has 1 fully saturated rings. The van der Waals surface area contributed by atoms with E-state index in [0.717, 1.165) is 6.20 Å². The predicted molar refractivity (Wildman–Crippen MR) is 118 cm³/mol. The fourth-order valence-electron chi connectivity index (χ4n) is 3.63. The molecule has 0 radical (unpaired) electrons. The van der Waals surface area contributed by atoms with Gasteiger partial charge in [-0.2, -0.15) is 4.98 Å². The van der Waals surface area contributed by atoms with Gasteiger partial charge in [0.2, 0.25) is 5.28 Å². The molecular formula is C19H22ClFN5O7P. The van der Waals surface area contributed by atoms with Crippen LogP contribution in [-0.4, -0.2) is 70.8 Å². The van der Waals surface area contributed by atoms with Crippen molar-refractivity contribution in [1.29, 1.82) is 0 Å². The van der Waals surface area contributed by atoms with Crippen LogP contribution < -0.4 is 5.32 Å². The molecular weight excluding hydrogens is 496 g/mol. The van der Waals surface area contributed by atoms with E-state index in [1.54, 1.807) is 12.3 Å². The van der Waals surface area contributed by atoms with Crippen LogP contribution in [-0.2, 0) is 14.0 Å². The van der Waals surface area contributed by atoms with Gasteiger partial charge in [0.15, 0.2) is 6.23 Å². The van der Waals surface area contributed by atoms with Gasteiger partial charge in [-0.1, -0.05) is 0 Å². The molecule has 184 valence electrons. The molecule has 0 aromatic carbocycles. The summed E-state index contributed by atoms with van der Waals surface area (Å²) in [4.78, 5) is 30.3. The molecule has 5 N–H and O–H groups in total. The largest absolute Gasteiger partial charge is 0.387 e. The molecule has 1 saturated heterocycles. The number of hydrogen-bond acceptors (Lipinski definition) is 9. The lowest BCUT2D eigenvalue weighted by molar-refractivity contribution is -0.0610. The van der Waals surface area contributed by atoms with Gasteiger partial charge in [0.1, 0.15) is 41.9 Å². The maximum absolute atomic E-state index is 13.2. The number of aliphatic hydroxyl groups excluding tert-OH is 2. The second kappa shape index (κ2) is 9.80. The van der Waals surface area contributed by atoms with Crippen molar-refractivity contribution in [3.8, 4) is 0 Å². The van der Waals surface area contributed by atoms with E-state index in [1.807, 2.05) is 6.92 Å². The molecule has 1 aliphatic heterocycles. The van der Waals surface area contributed by atoms with Crippen molar-refractivity contribution < 1.29 is 38.4 Å². The monoisotopic (exact) mass is 517 g/mol. The highest BCUT2D eigenvalue weighted by atomic mass is 35.5. The number of anilines is 1. The highest BCUT2D eigenvalue weighted by Crippen LogP contribution is 2.37. The Morgan fingerprint density at radius 3 is 2.74 bits per heavy atom. The predicted octanol–water partition coefficient (Wildman–Crippen LogP) is 1.56. The van der Waals surface area contributed by atoms with E-state index in [4.69, 9.17) is 30.9 Å². The molecule has 3 aromatic rings. The fourth-order valence-corrected chi connectivity index (χ4v) is 4.14. The van der Waals surface area contributed by atoms with Crippen LogP contribution in [0.4, 0.5) is 10.2 Å². The van der Waals surface area contributed by atoms with Crippen molar-refractivity contribution in [3.05, 3.63) is 47.4 Å². The number of hydrogen-bond donors (Lipinski definition) is 5. The van der Waals surface area contributed by atoms with Crippen molar-refractivity contribution in [3.63, 3.8) is 0 Å². The third-order valence-corrected chi connectivity index (χ3v) is 5.93. The Balaban J connectivity index is 1.56. The van der Waals surface area contributed by atoms with Crippen LogP contribution in [0.5, 0.6) is 0 Å². The van der Waals surface area contributed by atoms with Crippen molar-refractivity contribution in [2.75, 3.05) is 18.3 Å². The lowest BCUT2D eigenvalue weighted by Gasteiger charge is -2.18. The Morgan fingerprint density at radius 1 is 1.29 bits per heavy atom. The zero-order chi connectivity index (χ0) is 24.6. The molecule has 0 unspecified atom stereocenters. The van der Waals surface area contributed by atoms with Gasteiger partial charge >= 0.3 is 7.60 Å². The molecule has 4 rings (SSSR count). The molecule has 0 spiro atoms. The van der Waals surface area contributed by atoms with E-state index in [1.165, 1.54) is 16.7 Å². The number of aliphatic hydroxyl groups is 2. The average molecular weight is 518 g/mol. The number of aromatic nitrogens is 4. The molecule has 0 amide bonds. The van der Waals surface area contributed by atoms with E-state index in [-0.39, 0.29) is 17.9 Å². The molecule has 5 atom stereocenters. The van der Waals surface area contributed by atoms with Crippen LogP contribution in [0.3, 0.4) is 0 Å². The van der Waals surface area contributed by atoms with Crippen molar-refractivity contribution >= 4 is 36.0 Å². The maximum atomic E-state index is 13.2. The van der Waals surface area contributed by atoms with Gasteiger partial charge in [-0.25, -0.2) is 9.37 Å². The first-order valence-electron chi connectivity index (χ1n) is 10.1. The van der Waals surface area contributed by atoms with Gasteiger partial charge in [0, 0.05) is 6.20 Å². The summed E-state index contributed by atoms with van der Waals surface area (Å²) in [6, 6.07) is 4.14. The number of fused-ring (bicyclic) bond motifs is 1. The summed E-state index contributed by atoms with van der Waals surface area (Å²) >= 11 is 6.13. The number of nitrogens with zero attached hydrogens (tertiary/aromatic N) is 4. The molecule has 4 heterocycles. The molecule has 34 heavy (non-hydrogen) atoms. The van der Waals surface area contributed by atoms with E-state index in [0.29, 0.717) is 22.5 Å². The van der Waals surface area contributed by atoms with E-state index in [2.05, 4.69) is 20.3 Å². The first-order valence-corrected chi connectivity index (χ1v) is 12.3. The Hall–Kier alpha value is -2.22. The van der Waals surface area contributed by atoms with Crippen molar-refractivity contribution in [1.82, 2.24) is 19.5 Å². The summed E-state index contributed by atoms with van der Waals surface area (Å²) in [5.41, 5.74) is 0.870. The number of halogens is 2. The maximum Gasteiger partial charge on any atom is 0.350 e. The number of nitrogens with one attached hydrogen (secondary N) is 1. The van der Waals surface area contributed by atoms with Crippen molar-refractivity contribution in [2.24, 2.45) is 0 Å². The molecule has 0 saturated carbocycles. The van der Waals surface area contributed by atoms with Crippen LogP contribution in [0.25, 0.3) is 11.0 Å². The van der Waals surface area contributed by atoms with Crippen molar-refractivity contribution in [2.45, 2.75) is 37.5 Å². The Bertz CT molecular complexity index is 1210. The summed E-state index contributed by atoms with van der Waals surface area (Å²) < 4.78 is 36.2. The zero-order valence-corrected chi connectivity index (χ0v) is 19.3. The number of pyridine rings is 1. The summed E-state index contributed by atoms with van der Waals surface area (Å²) in [6.45, 7) is 1.46. The average Bonchev–Trinajstić information content (AvgIpc) is 3.29. The molecule has 12 nitrogen and oxygen atoms in total. The normalized spacial score (nSPS) is 24.0. The topological polar surface area (TPSA) is 172 Å². The summed E-state index contributed by atoms with van der Waals surface area (Å²) in [5, 5.41) is 24.5. The van der Waals surface area contributed by atoms with Gasteiger partial charge < -0.3 is 39.4 Å². The third-order valence-electron chi connectivity index (χ3n) is 5.24. The molecule has 0 bridgehead atoms. The highest BCUT2D eigenvalue weighted by Gasteiger charge is 2.44. The van der Waals surface area contributed by atoms with Gasteiger partial charge in [0.05, 0.1) is 29.9 Å². The minimum atomic E-state index is -4.39. The molecule has 3 aromatic heterocycles. The van der Waals surface area contributed by atoms with E-state index < -0.39 is 44.3 Å². The Kier molecular flexibility index (Phi) is 7.17. The lowest BCUT2D eigenvalue weighted by Crippen LogP contribution is -2.33. The van der Waals surface area contributed by atoms with Crippen LogP contribution in [0.15, 0.2) is 30.6 Å². The van der Waals surface area contributed by atoms with Crippen LogP contribution in [0, 0.1) is 5.82 Å². The number of rotatable bonds is 8. The van der Waals surface area contributed by atoms with E-state index >= 15 is 0 Å². The molecule has 0 aliphatic carbocycles. The minimum absolute atomic E-state index is 0.0937. The third kappa shape index (κ3) is 5.37. The van der Waals surface area contributed by atoms with Gasteiger partial charge in [0.25, 0.3) is 0 Å². The Morgan fingerprint density at radius 2 is 2.06 bits per heavy atom. The van der Waals surface area contributed by atoms with Gasteiger partial charge in [-0.05, 0) is 36.7 Å².